The van der Waals surface area contributed by atoms with Crippen molar-refractivity contribution in [3.63, 3.8) is 0 Å². The zero-order valence-electron chi connectivity index (χ0n) is 54.7. The van der Waals surface area contributed by atoms with E-state index >= 15 is 0 Å². The molecule has 0 heterocycles. The van der Waals surface area contributed by atoms with Crippen LogP contribution in [-0.4, -0.2) is 37.2 Å². The van der Waals surface area contributed by atoms with Crippen LogP contribution in [0.5, 0.6) is 0 Å². The summed E-state index contributed by atoms with van der Waals surface area (Å²) in [5, 5.41) is 0. The van der Waals surface area contributed by atoms with Gasteiger partial charge in [0.25, 0.3) is 0 Å². The maximum atomic E-state index is 13.0. The summed E-state index contributed by atoms with van der Waals surface area (Å²) in [6, 6.07) is 0. The topological polar surface area (TPSA) is 78.9 Å². The van der Waals surface area contributed by atoms with E-state index in [4.69, 9.17) is 14.2 Å². The van der Waals surface area contributed by atoms with Crippen molar-refractivity contribution in [3.05, 3.63) is 109 Å². The van der Waals surface area contributed by atoms with Crippen LogP contribution in [0.25, 0.3) is 0 Å². The number of unbranched alkanes of at least 4 members (excludes halogenated alkanes) is 35. The first kappa shape index (κ1) is 79.1. The van der Waals surface area contributed by atoms with Gasteiger partial charge in [-0.15, -0.1) is 0 Å². The smallest absolute Gasteiger partial charge is 0.306 e. The normalized spacial score (nSPS) is 12.8. The molecule has 0 spiro atoms. The van der Waals surface area contributed by atoms with Crippen LogP contribution in [0.1, 0.15) is 342 Å². The molecule has 476 valence electrons. The van der Waals surface area contributed by atoms with Gasteiger partial charge in [-0.2, -0.15) is 0 Å². The van der Waals surface area contributed by atoms with Gasteiger partial charge in [0.2, 0.25) is 0 Å². The van der Waals surface area contributed by atoms with Crippen LogP contribution in [0.4, 0.5) is 0 Å². The molecule has 83 heavy (non-hydrogen) atoms. The summed E-state index contributed by atoms with van der Waals surface area (Å²) in [5.74, 6) is -0.890. The van der Waals surface area contributed by atoms with Crippen LogP contribution < -0.4 is 0 Å². The number of carbonyl (C=O) groups is 3. The van der Waals surface area contributed by atoms with Gasteiger partial charge in [-0.05, 0) is 128 Å². The lowest BCUT2D eigenvalue weighted by atomic mass is 10.0. The van der Waals surface area contributed by atoms with Crippen LogP contribution in [0.15, 0.2) is 109 Å². The van der Waals surface area contributed by atoms with Crippen LogP contribution in [0.2, 0.25) is 0 Å². The first-order valence-electron chi connectivity index (χ1n) is 35.4. The molecule has 0 aliphatic carbocycles. The lowest BCUT2D eigenvalue weighted by Gasteiger charge is -2.18. The standard InChI is InChI=1S/C77H132O6/c1-4-7-10-13-16-19-22-25-28-30-32-34-35-36-37-38-39-40-41-43-44-46-49-52-55-58-61-64-67-70-76(79)82-73-74(72-81-75(78)69-66-63-60-57-54-51-48-27-24-21-18-15-12-9-6-3)83-77(80)71-68-65-62-59-56-53-50-47-45-42-33-31-29-26-23-20-17-14-11-8-5-2/h7,10,16,18-19,21,23,25-28,31-34,36-37,48,74H,4-6,8-9,11-15,17,20,22,24,29-30,35,38-47,49-73H2,1-3H3/b10-7-,19-16-,21-18-,26-23-,28-25-,33-31-,34-32-,37-36-,48-27-. The molecule has 0 N–H and O–H groups in total. The van der Waals surface area contributed by atoms with Crippen molar-refractivity contribution >= 4 is 17.9 Å². The van der Waals surface area contributed by atoms with Gasteiger partial charge in [0.05, 0.1) is 0 Å². The summed E-state index contributed by atoms with van der Waals surface area (Å²) >= 11 is 0. The molecule has 0 rings (SSSR count). The number of allylic oxidation sites excluding steroid dienone is 18. The van der Waals surface area contributed by atoms with Crippen LogP contribution in [-0.2, 0) is 28.6 Å². The molecule has 6 heteroatoms. The molecule has 0 aliphatic heterocycles. The fraction of sp³-hybridized carbons (Fsp3) is 0.727. The predicted octanol–water partition coefficient (Wildman–Crippen LogP) is 24.6. The molecular weight excluding hydrogens is 1020 g/mol. The number of rotatable bonds is 64. The summed E-state index contributed by atoms with van der Waals surface area (Å²) in [6.45, 7) is 6.51. The number of ether oxygens (including phenoxy) is 3. The fourth-order valence-corrected chi connectivity index (χ4v) is 9.94. The number of hydrogen-bond acceptors (Lipinski definition) is 6. The van der Waals surface area contributed by atoms with Crippen LogP contribution >= 0.6 is 0 Å². The van der Waals surface area contributed by atoms with E-state index in [1.165, 1.54) is 186 Å². The second kappa shape index (κ2) is 70.6. The molecular formula is C77H132O6. The Morgan fingerprint density at radius 3 is 0.759 bits per heavy atom. The highest BCUT2D eigenvalue weighted by molar-refractivity contribution is 5.71. The van der Waals surface area contributed by atoms with E-state index in [0.717, 1.165) is 116 Å². The minimum Gasteiger partial charge on any atom is -0.462 e. The molecule has 0 aromatic carbocycles. The lowest BCUT2D eigenvalue weighted by molar-refractivity contribution is -0.167. The van der Waals surface area contributed by atoms with Gasteiger partial charge in [-0.3, -0.25) is 14.4 Å². The molecule has 0 aromatic rings. The van der Waals surface area contributed by atoms with Crippen molar-refractivity contribution in [3.8, 4) is 0 Å². The third-order valence-electron chi connectivity index (χ3n) is 15.2. The zero-order valence-corrected chi connectivity index (χ0v) is 54.7. The second-order valence-electron chi connectivity index (χ2n) is 23.4. The van der Waals surface area contributed by atoms with Gasteiger partial charge >= 0.3 is 17.9 Å². The Bertz CT molecular complexity index is 1660. The van der Waals surface area contributed by atoms with E-state index < -0.39 is 6.10 Å². The van der Waals surface area contributed by atoms with Crippen LogP contribution in [0.3, 0.4) is 0 Å². The third-order valence-corrected chi connectivity index (χ3v) is 15.2. The third kappa shape index (κ3) is 68.7. The van der Waals surface area contributed by atoms with E-state index in [1.54, 1.807) is 0 Å². The fourth-order valence-electron chi connectivity index (χ4n) is 9.94. The van der Waals surface area contributed by atoms with E-state index in [2.05, 4.69) is 130 Å². The summed E-state index contributed by atoms with van der Waals surface area (Å²) < 4.78 is 17.0. The quantitative estimate of drug-likeness (QED) is 0.0261. The van der Waals surface area contributed by atoms with Gasteiger partial charge in [-0.1, -0.05) is 304 Å². The first-order valence-corrected chi connectivity index (χ1v) is 35.4. The SMILES string of the molecule is CC/C=C\C/C=C\C/C=C\C/C=C\C/C=C\CCCCCCCCCCCCCCCC(=O)OCC(COC(=O)CCCCCCC/C=C\C/C=C\CCCCC)OC(=O)CCCCCCCCCCC/C=C\C/C=C\CCCCCCC. The highest BCUT2D eigenvalue weighted by Crippen LogP contribution is 2.17. The Hall–Kier alpha value is -3.93. The first-order chi connectivity index (χ1) is 41.0. The average Bonchev–Trinajstić information content (AvgIpc) is 3.49. The van der Waals surface area contributed by atoms with Gasteiger partial charge in [0.15, 0.2) is 6.10 Å². The molecule has 0 bridgehead atoms. The molecule has 0 saturated carbocycles. The monoisotopic (exact) mass is 1150 g/mol. The van der Waals surface area contributed by atoms with Crippen molar-refractivity contribution in [1.82, 2.24) is 0 Å². The Balaban J connectivity index is 4.32. The molecule has 0 aromatic heterocycles. The number of esters is 3. The maximum Gasteiger partial charge on any atom is 0.306 e. The summed E-state index contributed by atoms with van der Waals surface area (Å²) in [5.41, 5.74) is 0. The lowest BCUT2D eigenvalue weighted by Crippen LogP contribution is -2.30. The summed E-state index contributed by atoms with van der Waals surface area (Å²) in [4.78, 5) is 38.5. The zero-order chi connectivity index (χ0) is 59.9. The van der Waals surface area contributed by atoms with Crippen molar-refractivity contribution < 1.29 is 28.6 Å². The van der Waals surface area contributed by atoms with Gasteiger partial charge < -0.3 is 14.2 Å². The van der Waals surface area contributed by atoms with Gasteiger partial charge in [0.1, 0.15) is 13.2 Å². The largest absolute Gasteiger partial charge is 0.462 e. The minimum absolute atomic E-state index is 0.0837. The van der Waals surface area contributed by atoms with Gasteiger partial charge in [-0.25, -0.2) is 0 Å². The highest BCUT2D eigenvalue weighted by atomic mass is 16.6. The van der Waals surface area contributed by atoms with E-state index in [9.17, 15) is 14.4 Å². The highest BCUT2D eigenvalue weighted by Gasteiger charge is 2.19. The molecule has 0 aliphatic rings. The van der Waals surface area contributed by atoms with Crippen molar-refractivity contribution in [2.24, 2.45) is 0 Å². The maximum absolute atomic E-state index is 13.0. The Morgan fingerprint density at radius 2 is 0.470 bits per heavy atom. The molecule has 1 atom stereocenters. The average molecular weight is 1150 g/mol. The molecule has 1 unspecified atom stereocenters. The molecule has 0 amide bonds. The number of hydrogen-bond donors (Lipinski definition) is 0. The summed E-state index contributed by atoms with van der Waals surface area (Å²) in [7, 11) is 0. The Labute approximate surface area is 514 Å². The Kier molecular flexibility index (Phi) is 67.2. The molecule has 0 saturated heterocycles. The summed E-state index contributed by atoms with van der Waals surface area (Å²) in [6.07, 6.45) is 96.8. The minimum atomic E-state index is -0.789. The van der Waals surface area contributed by atoms with Crippen molar-refractivity contribution in [2.75, 3.05) is 13.2 Å². The predicted molar refractivity (Wildman–Crippen MR) is 362 cm³/mol. The molecule has 6 nitrogen and oxygen atoms in total. The van der Waals surface area contributed by atoms with E-state index in [-0.39, 0.29) is 31.1 Å². The van der Waals surface area contributed by atoms with Crippen LogP contribution in [0, 0.1) is 0 Å². The van der Waals surface area contributed by atoms with Crippen molar-refractivity contribution in [2.45, 2.75) is 348 Å². The van der Waals surface area contributed by atoms with Gasteiger partial charge in [0, 0.05) is 19.3 Å². The van der Waals surface area contributed by atoms with E-state index in [0.29, 0.717) is 19.3 Å². The van der Waals surface area contributed by atoms with E-state index in [1.807, 2.05) is 0 Å². The molecule has 0 radical (unpaired) electrons. The number of carbonyl (C=O) groups excluding carboxylic acids is 3. The van der Waals surface area contributed by atoms with Crippen molar-refractivity contribution in [1.29, 1.82) is 0 Å². The molecule has 0 fully saturated rings. The second-order valence-corrected chi connectivity index (χ2v) is 23.4. The Morgan fingerprint density at radius 1 is 0.253 bits per heavy atom.